The Bertz CT molecular complexity index is 610. The number of ether oxygens (including phenoxy) is 1. The molecule has 0 heterocycles. The van der Waals surface area contributed by atoms with Crippen molar-refractivity contribution >= 4 is 0 Å². The summed E-state index contributed by atoms with van der Waals surface area (Å²) >= 11 is 0. The van der Waals surface area contributed by atoms with Crippen LogP contribution in [0.2, 0.25) is 0 Å². The fourth-order valence-corrected chi connectivity index (χ4v) is 2.01. The third-order valence-electron chi connectivity index (χ3n) is 3.08. The summed E-state index contributed by atoms with van der Waals surface area (Å²) < 4.78 is 5.66. The fourth-order valence-electron chi connectivity index (χ4n) is 2.01. The minimum Gasteiger partial charge on any atom is -0.508 e. The van der Waals surface area contributed by atoms with E-state index in [9.17, 15) is 10.2 Å². The Kier molecular flexibility index (Phi) is 5.03. The van der Waals surface area contributed by atoms with E-state index in [1.165, 1.54) is 18.2 Å². The van der Waals surface area contributed by atoms with Crippen molar-refractivity contribution < 1.29 is 25.2 Å². The van der Waals surface area contributed by atoms with Gasteiger partial charge in [-0.2, -0.15) is 0 Å². The van der Waals surface area contributed by atoms with Crippen molar-refractivity contribution in [1.82, 2.24) is 0 Å². The maximum Gasteiger partial charge on any atom is 0.169 e. The molecule has 0 bridgehead atoms. The highest BCUT2D eigenvalue weighted by atomic mass is 16.5. The summed E-state index contributed by atoms with van der Waals surface area (Å²) in [5.41, 5.74) is 1.55. The van der Waals surface area contributed by atoms with E-state index in [0.717, 1.165) is 11.1 Å². The van der Waals surface area contributed by atoms with Gasteiger partial charge in [-0.15, -0.1) is 0 Å². The lowest BCUT2D eigenvalue weighted by Crippen LogP contribution is -1.97. The summed E-state index contributed by atoms with van der Waals surface area (Å²) in [4.78, 5) is 0. The van der Waals surface area contributed by atoms with Crippen LogP contribution in [0.5, 0.6) is 23.0 Å². The lowest BCUT2D eigenvalue weighted by molar-refractivity contribution is 0.297. The van der Waals surface area contributed by atoms with Crippen LogP contribution in [-0.2, 0) is 12.8 Å². The second-order valence-corrected chi connectivity index (χ2v) is 4.64. The Hall–Kier alpha value is -2.24. The lowest BCUT2D eigenvalue weighted by Gasteiger charge is -2.13. The highest BCUT2D eigenvalue weighted by molar-refractivity contribution is 5.48. The van der Waals surface area contributed by atoms with Crippen LogP contribution in [0.1, 0.15) is 11.1 Å². The summed E-state index contributed by atoms with van der Waals surface area (Å²) in [6, 6.07) is 9.45. The quantitative estimate of drug-likeness (QED) is 0.653. The Labute approximate surface area is 122 Å². The van der Waals surface area contributed by atoms with Gasteiger partial charge in [0.05, 0.1) is 0 Å². The molecular weight excluding hydrogens is 272 g/mol. The molecule has 0 radical (unpaired) electrons. The highest BCUT2D eigenvalue weighted by Gasteiger charge is 2.10. The molecule has 0 aliphatic carbocycles. The number of aliphatic hydroxyl groups excluding tert-OH is 2. The second kappa shape index (κ2) is 6.97. The van der Waals surface area contributed by atoms with Crippen molar-refractivity contribution in [2.75, 3.05) is 13.2 Å². The molecule has 0 unspecified atom stereocenters. The molecule has 0 aliphatic heterocycles. The molecule has 0 aromatic heterocycles. The number of hydrogen-bond donors (Lipinski definition) is 4. The third kappa shape index (κ3) is 3.87. The largest absolute Gasteiger partial charge is 0.508 e. The number of hydrogen-bond acceptors (Lipinski definition) is 5. The van der Waals surface area contributed by atoms with Crippen LogP contribution in [0.3, 0.4) is 0 Å². The maximum absolute atomic E-state index is 9.86. The van der Waals surface area contributed by atoms with E-state index in [4.69, 9.17) is 14.9 Å². The zero-order chi connectivity index (χ0) is 15.2. The van der Waals surface area contributed by atoms with Gasteiger partial charge < -0.3 is 25.2 Å². The minimum absolute atomic E-state index is 0.00605. The number of phenols is 2. The molecule has 2 rings (SSSR count). The molecule has 0 spiro atoms. The fraction of sp³-hybridized carbons (Fsp3) is 0.250. The van der Waals surface area contributed by atoms with Gasteiger partial charge in [0.1, 0.15) is 11.5 Å². The van der Waals surface area contributed by atoms with Crippen LogP contribution < -0.4 is 4.74 Å². The average Bonchev–Trinajstić information content (AvgIpc) is 2.46. The van der Waals surface area contributed by atoms with Crippen LogP contribution in [-0.4, -0.2) is 33.6 Å². The minimum atomic E-state index is -0.0440. The zero-order valence-electron chi connectivity index (χ0n) is 11.5. The lowest BCUT2D eigenvalue weighted by atomic mass is 10.1. The number of aromatic hydroxyl groups is 2. The number of aliphatic hydroxyl groups is 2. The predicted molar refractivity (Wildman–Crippen MR) is 77.9 cm³/mol. The van der Waals surface area contributed by atoms with E-state index in [0.29, 0.717) is 18.6 Å². The summed E-state index contributed by atoms with van der Waals surface area (Å²) in [5.74, 6) is 0.624. The molecule has 0 aliphatic rings. The second-order valence-electron chi connectivity index (χ2n) is 4.64. The Morgan fingerprint density at radius 2 is 1.57 bits per heavy atom. The Balaban J connectivity index is 2.32. The first-order valence-corrected chi connectivity index (χ1v) is 6.67. The topological polar surface area (TPSA) is 90.2 Å². The van der Waals surface area contributed by atoms with Gasteiger partial charge in [-0.25, -0.2) is 0 Å². The molecule has 2 aromatic rings. The summed E-state index contributed by atoms with van der Waals surface area (Å²) in [5, 5.41) is 37.4. The van der Waals surface area contributed by atoms with Gasteiger partial charge in [-0.3, -0.25) is 0 Å². The molecule has 0 saturated heterocycles. The van der Waals surface area contributed by atoms with Crippen LogP contribution in [0.25, 0.3) is 0 Å². The number of rotatable bonds is 6. The van der Waals surface area contributed by atoms with Gasteiger partial charge >= 0.3 is 0 Å². The van der Waals surface area contributed by atoms with Gasteiger partial charge in [0.2, 0.25) is 0 Å². The Morgan fingerprint density at radius 3 is 2.29 bits per heavy atom. The van der Waals surface area contributed by atoms with Crippen molar-refractivity contribution in [3.8, 4) is 23.0 Å². The highest BCUT2D eigenvalue weighted by Crippen LogP contribution is 2.35. The van der Waals surface area contributed by atoms with E-state index in [1.54, 1.807) is 18.2 Å². The number of benzene rings is 2. The Morgan fingerprint density at radius 1 is 0.810 bits per heavy atom. The third-order valence-corrected chi connectivity index (χ3v) is 3.08. The first-order chi connectivity index (χ1) is 10.1. The smallest absolute Gasteiger partial charge is 0.169 e. The van der Waals surface area contributed by atoms with Gasteiger partial charge in [0, 0.05) is 19.3 Å². The molecule has 5 nitrogen and oxygen atoms in total. The summed E-state index contributed by atoms with van der Waals surface area (Å²) in [6.07, 6.45) is 0.840. The number of phenolic OH excluding ortho intramolecular Hbond substituents is 2. The molecule has 0 amide bonds. The van der Waals surface area contributed by atoms with Crippen LogP contribution in [0.4, 0.5) is 0 Å². The zero-order valence-corrected chi connectivity index (χ0v) is 11.5. The first kappa shape index (κ1) is 15.2. The maximum atomic E-state index is 9.86. The molecule has 0 fully saturated rings. The first-order valence-electron chi connectivity index (χ1n) is 6.67. The molecule has 2 aromatic carbocycles. The molecular formula is C16H18O5. The standard InChI is InChI=1S/C16H18O5/c17-7-5-11-1-4-14(20)16(9-11)21-15-10-13(19)3-2-12(15)6-8-18/h1-4,9-10,17-20H,5-8H2. The summed E-state index contributed by atoms with van der Waals surface area (Å²) in [6.45, 7) is -0.0379. The summed E-state index contributed by atoms with van der Waals surface area (Å²) in [7, 11) is 0. The van der Waals surface area contributed by atoms with E-state index in [-0.39, 0.29) is 30.5 Å². The average molecular weight is 290 g/mol. The van der Waals surface area contributed by atoms with E-state index >= 15 is 0 Å². The molecule has 0 saturated carbocycles. The van der Waals surface area contributed by atoms with E-state index in [2.05, 4.69) is 0 Å². The van der Waals surface area contributed by atoms with E-state index in [1.807, 2.05) is 0 Å². The van der Waals surface area contributed by atoms with Gasteiger partial charge in [-0.1, -0.05) is 12.1 Å². The normalized spacial score (nSPS) is 10.6. The van der Waals surface area contributed by atoms with Crippen molar-refractivity contribution in [2.24, 2.45) is 0 Å². The monoisotopic (exact) mass is 290 g/mol. The molecule has 0 atom stereocenters. The van der Waals surface area contributed by atoms with Gasteiger partial charge in [0.25, 0.3) is 0 Å². The van der Waals surface area contributed by atoms with Crippen molar-refractivity contribution in [3.63, 3.8) is 0 Å². The van der Waals surface area contributed by atoms with Crippen LogP contribution >= 0.6 is 0 Å². The molecule has 21 heavy (non-hydrogen) atoms. The van der Waals surface area contributed by atoms with Crippen molar-refractivity contribution in [2.45, 2.75) is 12.8 Å². The van der Waals surface area contributed by atoms with Gasteiger partial charge in [-0.05, 0) is 42.2 Å². The molecule has 112 valence electrons. The van der Waals surface area contributed by atoms with Crippen molar-refractivity contribution in [3.05, 3.63) is 47.5 Å². The van der Waals surface area contributed by atoms with Crippen LogP contribution in [0, 0.1) is 0 Å². The van der Waals surface area contributed by atoms with Gasteiger partial charge in [0.15, 0.2) is 11.5 Å². The van der Waals surface area contributed by atoms with Crippen molar-refractivity contribution in [1.29, 1.82) is 0 Å². The molecule has 4 N–H and O–H groups in total. The SMILES string of the molecule is OCCc1ccc(O)c(Oc2cc(O)ccc2CCO)c1. The predicted octanol–water partition coefficient (Wildman–Crippen LogP) is 1.96. The van der Waals surface area contributed by atoms with E-state index < -0.39 is 0 Å². The van der Waals surface area contributed by atoms with Crippen LogP contribution in [0.15, 0.2) is 36.4 Å². The molecule has 5 heteroatoms.